The Kier molecular flexibility index (Phi) is 3.27. The van der Waals surface area contributed by atoms with Crippen LogP contribution in [0.2, 0.25) is 0 Å². The topological polar surface area (TPSA) is 77.2 Å². The molecule has 0 saturated heterocycles. The minimum Gasteiger partial charge on any atom is -0.497 e. The largest absolute Gasteiger partial charge is 0.497 e. The standard InChI is InChI=1S/C15H13N3O3/c1-21-11-4-2-10(3-5-11)8-18-7-6-12(19)13-14(18)16-9-17-15(13)20/h2-7,9H,8H2,1H3,(H,16,17,20). The van der Waals surface area contributed by atoms with E-state index in [1.54, 1.807) is 17.9 Å². The summed E-state index contributed by atoms with van der Waals surface area (Å²) in [6.45, 7) is 0.525. The number of hydrogen-bond donors (Lipinski definition) is 1. The molecule has 1 aromatic carbocycles. The van der Waals surface area contributed by atoms with Crippen molar-refractivity contribution in [3.8, 4) is 11.6 Å². The van der Waals surface area contributed by atoms with Crippen LogP contribution in [0.1, 0.15) is 5.56 Å². The molecule has 3 aromatic rings. The molecule has 0 aliphatic rings. The average molecular weight is 283 g/mol. The predicted molar refractivity (Wildman–Crippen MR) is 77.6 cm³/mol. The normalized spacial score (nSPS) is 10.7. The monoisotopic (exact) mass is 283 g/mol. The van der Waals surface area contributed by atoms with Gasteiger partial charge in [0.1, 0.15) is 17.5 Å². The Labute approximate surface area is 120 Å². The van der Waals surface area contributed by atoms with Crippen molar-refractivity contribution in [3.05, 3.63) is 58.6 Å². The van der Waals surface area contributed by atoms with E-state index in [0.717, 1.165) is 11.3 Å². The maximum Gasteiger partial charge on any atom is 0.227 e. The fraction of sp³-hybridized carbons (Fsp3) is 0.133. The van der Waals surface area contributed by atoms with Gasteiger partial charge in [-0.1, -0.05) is 12.1 Å². The lowest BCUT2D eigenvalue weighted by Crippen LogP contribution is -2.11. The first kappa shape index (κ1) is 13.1. The number of rotatable bonds is 3. The third-order valence-electron chi connectivity index (χ3n) is 3.24. The lowest BCUT2D eigenvalue weighted by molar-refractivity contribution is 0.414. The Bertz CT molecular complexity index is 841. The van der Waals surface area contributed by atoms with E-state index in [9.17, 15) is 9.90 Å². The highest BCUT2D eigenvalue weighted by atomic mass is 16.5. The third-order valence-corrected chi connectivity index (χ3v) is 3.24. The van der Waals surface area contributed by atoms with Gasteiger partial charge in [-0.15, -0.1) is 0 Å². The summed E-state index contributed by atoms with van der Waals surface area (Å²) >= 11 is 0. The van der Waals surface area contributed by atoms with E-state index >= 15 is 0 Å². The van der Waals surface area contributed by atoms with Crippen molar-refractivity contribution < 1.29 is 9.84 Å². The first-order chi connectivity index (χ1) is 10.2. The Morgan fingerprint density at radius 1 is 1.19 bits per heavy atom. The van der Waals surface area contributed by atoms with Crippen molar-refractivity contribution in [2.45, 2.75) is 6.54 Å². The van der Waals surface area contributed by atoms with Gasteiger partial charge in [-0.05, 0) is 17.7 Å². The van der Waals surface area contributed by atoms with Gasteiger partial charge in [-0.3, -0.25) is 4.79 Å². The SMILES string of the molecule is COc1ccc(Cn2ccc(=O)c3c(O)ncnc32)cc1. The molecule has 106 valence electrons. The third kappa shape index (κ3) is 2.43. The Balaban J connectivity index is 2.06. The van der Waals surface area contributed by atoms with Gasteiger partial charge < -0.3 is 14.4 Å². The molecule has 0 spiro atoms. The van der Waals surface area contributed by atoms with Gasteiger partial charge in [0.25, 0.3) is 0 Å². The van der Waals surface area contributed by atoms with E-state index < -0.39 is 0 Å². The number of benzene rings is 1. The zero-order valence-electron chi connectivity index (χ0n) is 11.4. The average Bonchev–Trinajstić information content (AvgIpc) is 2.51. The molecule has 21 heavy (non-hydrogen) atoms. The van der Waals surface area contributed by atoms with Crippen LogP contribution in [0.3, 0.4) is 0 Å². The minimum absolute atomic E-state index is 0.133. The summed E-state index contributed by atoms with van der Waals surface area (Å²) < 4.78 is 6.91. The van der Waals surface area contributed by atoms with Crippen LogP contribution in [-0.4, -0.2) is 26.8 Å². The van der Waals surface area contributed by atoms with Crippen molar-refractivity contribution in [1.29, 1.82) is 0 Å². The van der Waals surface area contributed by atoms with E-state index in [4.69, 9.17) is 4.74 Å². The van der Waals surface area contributed by atoms with Gasteiger partial charge in [0.05, 0.1) is 7.11 Å². The fourth-order valence-corrected chi connectivity index (χ4v) is 2.17. The number of nitrogens with zero attached hydrogens (tertiary/aromatic N) is 3. The molecule has 0 unspecified atom stereocenters. The summed E-state index contributed by atoms with van der Waals surface area (Å²) in [5.74, 6) is 0.484. The van der Waals surface area contributed by atoms with E-state index in [0.29, 0.717) is 12.2 Å². The number of aromatic nitrogens is 3. The van der Waals surface area contributed by atoms with Crippen molar-refractivity contribution >= 4 is 11.0 Å². The summed E-state index contributed by atoms with van der Waals surface area (Å²) in [5, 5.41) is 9.86. The Morgan fingerprint density at radius 2 is 1.95 bits per heavy atom. The molecule has 0 amide bonds. The number of fused-ring (bicyclic) bond motifs is 1. The maximum atomic E-state index is 11.8. The van der Waals surface area contributed by atoms with Crippen molar-refractivity contribution in [1.82, 2.24) is 14.5 Å². The van der Waals surface area contributed by atoms with Crippen LogP contribution in [-0.2, 0) is 6.54 Å². The van der Waals surface area contributed by atoms with E-state index in [1.807, 2.05) is 24.3 Å². The molecule has 0 aliphatic carbocycles. The molecule has 1 N–H and O–H groups in total. The summed E-state index contributed by atoms with van der Waals surface area (Å²) in [6, 6.07) is 9.00. The zero-order chi connectivity index (χ0) is 14.8. The van der Waals surface area contributed by atoms with E-state index in [-0.39, 0.29) is 16.7 Å². The number of pyridine rings is 1. The molecule has 0 saturated carbocycles. The van der Waals surface area contributed by atoms with Gasteiger partial charge in [0.2, 0.25) is 5.88 Å². The van der Waals surface area contributed by atoms with Crippen molar-refractivity contribution in [3.63, 3.8) is 0 Å². The summed E-state index contributed by atoms with van der Waals surface area (Å²) in [5.41, 5.74) is 1.14. The Hall–Kier alpha value is -2.89. The van der Waals surface area contributed by atoms with Gasteiger partial charge in [0, 0.05) is 18.8 Å². The molecule has 6 heteroatoms. The molecule has 2 heterocycles. The molecule has 0 radical (unpaired) electrons. The van der Waals surface area contributed by atoms with E-state index in [2.05, 4.69) is 9.97 Å². The number of aromatic hydroxyl groups is 1. The summed E-state index contributed by atoms with van der Waals surface area (Å²) in [7, 11) is 1.62. The lowest BCUT2D eigenvalue weighted by Gasteiger charge is -2.10. The maximum absolute atomic E-state index is 11.8. The summed E-state index contributed by atoms with van der Waals surface area (Å²) in [6.07, 6.45) is 2.89. The van der Waals surface area contributed by atoms with E-state index in [1.165, 1.54) is 12.4 Å². The number of methoxy groups -OCH3 is 1. The predicted octanol–water partition coefficient (Wildman–Crippen LogP) is 1.55. The van der Waals surface area contributed by atoms with Crippen LogP contribution in [0.25, 0.3) is 11.0 Å². The first-order valence-electron chi connectivity index (χ1n) is 6.35. The second kappa shape index (κ2) is 5.24. The highest BCUT2D eigenvalue weighted by Crippen LogP contribution is 2.17. The van der Waals surface area contributed by atoms with Gasteiger partial charge in [0.15, 0.2) is 11.1 Å². The highest BCUT2D eigenvalue weighted by molar-refractivity contribution is 5.79. The van der Waals surface area contributed by atoms with Crippen LogP contribution in [0, 0.1) is 0 Å². The molecule has 6 nitrogen and oxygen atoms in total. The van der Waals surface area contributed by atoms with Crippen LogP contribution in [0.15, 0.2) is 47.7 Å². The molecular formula is C15H13N3O3. The molecule has 3 rings (SSSR count). The van der Waals surface area contributed by atoms with Crippen LogP contribution >= 0.6 is 0 Å². The summed E-state index contributed by atoms with van der Waals surface area (Å²) in [4.78, 5) is 19.6. The van der Waals surface area contributed by atoms with Gasteiger partial charge >= 0.3 is 0 Å². The van der Waals surface area contributed by atoms with Gasteiger partial charge in [-0.2, -0.15) is 0 Å². The van der Waals surface area contributed by atoms with Crippen LogP contribution in [0.5, 0.6) is 11.6 Å². The van der Waals surface area contributed by atoms with Crippen molar-refractivity contribution in [2.24, 2.45) is 0 Å². The lowest BCUT2D eigenvalue weighted by atomic mass is 10.2. The second-order valence-corrected chi connectivity index (χ2v) is 4.55. The molecule has 0 aliphatic heterocycles. The van der Waals surface area contributed by atoms with Crippen molar-refractivity contribution in [2.75, 3.05) is 7.11 Å². The minimum atomic E-state index is -0.297. The number of hydrogen-bond acceptors (Lipinski definition) is 5. The molecule has 2 aromatic heterocycles. The van der Waals surface area contributed by atoms with Crippen LogP contribution < -0.4 is 10.2 Å². The first-order valence-corrected chi connectivity index (χ1v) is 6.35. The highest BCUT2D eigenvalue weighted by Gasteiger charge is 2.09. The molecular weight excluding hydrogens is 270 g/mol. The smallest absolute Gasteiger partial charge is 0.227 e. The zero-order valence-corrected chi connectivity index (χ0v) is 11.4. The molecule has 0 atom stereocenters. The number of ether oxygens (including phenoxy) is 1. The quantitative estimate of drug-likeness (QED) is 0.789. The second-order valence-electron chi connectivity index (χ2n) is 4.55. The molecule has 0 fully saturated rings. The van der Waals surface area contributed by atoms with Gasteiger partial charge in [-0.25, -0.2) is 9.97 Å². The molecule has 0 bridgehead atoms. The Morgan fingerprint density at radius 3 is 2.67 bits per heavy atom. The van der Waals surface area contributed by atoms with Crippen LogP contribution in [0.4, 0.5) is 0 Å². The fourth-order valence-electron chi connectivity index (χ4n) is 2.17.